The van der Waals surface area contributed by atoms with Crippen LogP contribution < -0.4 is 0 Å². The minimum absolute atomic E-state index is 0. The number of rotatable bonds is 6. The SMILES string of the molecule is CC(C)(c1ccccc1)c1cc(-c2nccc3c2C(C)(C)c2ccccc2-3)[c-]c(-c2cccc3c2nc(-c2ccccc2O)n3-c2ccccc2)c1.[Pt]. The summed E-state index contributed by atoms with van der Waals surface area (Å²) >= 11 is 0. The smallest absolute Gasteiger partial charge is 0.148 e. The van der Waals surface area contributed by atoms with Crippen molar-refractivity contribution in [1.29, 1.82) is 0 Å². The third-order valence-electron chi connectivity index (χ3n) is 10.9. The number of phenols is 1. The average Bonchev–Trinajstić information content (AvgIpc) is 3.68. The summed E-state index contributed by atoms with van der Waals surface area (Å²) in [6, 6.07) is 54.0. The molecule has 2 heterocycles. The van der Waals surface area contributed by atoms with Gasteiger partial charge >= 0.3 is 0 Å². The first-order chi connectivity index (χ1) is 25.2. The van der Waals surface area contributed by atoms with E-state index in [2.05, 4.69) is 141 Å². The van der Waals surface area contributed by atoms with Crippen molar-refractivity contribution in [3.05, 3.63) is 180 Å². The Labute approximate surface area is 325 Å². The van der Waals surface area contributed by atoms with Gasteiger partial charge in [0.2, 0.25) is 0 Å². The Kier molecular flexibility index (Phi) is 8.55. The Morgan fingerprint density at radius 1 is 0.642 bits per heavy atom. The van der Waals surface area contributed by atoms with E-state index >= 15 is 0 Å². The molecule has 0 bridgehead atoms. The van der Waals surface area contributed by atoms with Crippen LogP contribution in [-0.4, -0.2) is 19.6 Å². The van der Waals surface area contributed by atoms with Gasteiger partial charge in [-0.05, 0) is 64.2 Å². The first-order valence-corrected chi connectivity index (χ1v) is 17.8. The van der Waals surface area contributed by atoms with Gasteiger partial charge in [0, 0.05) is 49.5 Å². The van der Waals surface area contributed by atoms with Crippen molar-refractivity contribution in [2.75, 3.05) is 0 Å². The summed E-state index contributed by atoms with van der Waals surface area (Å²) in [6.45, 7) is 9.18. The van der Waals surface area contributed by atoms with Crippen LogP contribution in [0.15, 0.2) is 152 Å². The number of aromatic nitrogens is 3. The van der Waals surface area contributed by atoms with E-state index in [4.69, 9.17) is 9.97 Å². The van der Waals surface area contributed by atoms with Gasteiger partial charge < -0.3 is 5.11 Å². The van der Waals surface area contributed by atoms with Crippen molar-refractivity contribution in [2.45, 2.75) is 38.5 Å². The molecule has 9 rings (SSSR count). The molecule has 1 aliphatic rings. The van der Waals surface area contributed by atoms with Gasteiger partial charge in [0.1, 0.15) is 11.6 Å². The summed E-state index contributed by atoms with van der Waals surface area (Å²) in [5.41, 5.74) is 14.1. The van der Waals surface area contributed by atoms with Gasteiger partial charge in [-0.3, -0.25) is 9.55 Å². The summed E-state index contributed by atoms with van der Waals surface area (Å²) in [4.78, 5) is 10.4. The van der Waals surface area contributed by atoms with Crippen molar-refractivity contribution in [2.24, 2.45) is 0 Å². The summed E-state index contributed by atoms with van der Waals surface area (Å²) in [7, 11) is 0. The average molecular weight is 868 g/mol. The fourth-order valence-electron chi connectivity index (χ4n) is 8.14. The van der Waals surface area contributed by atoms with Gasteiger partial charge in [0.05, 0.1) is 16.6 Å². The molecule has 0 saturated heterocycles. The van der Waals surface area contributed by atoms with Crippen LogP contribution in [0.1, 0.15) is 49.9 Å². The van der Waals surface area contributed by atoms with E-state index in [1.165, 1.54) is 27.8 Å². The topological polar surface area (TPSA) is 50.9 Å². The number of pyridine rings is 1. The number of para-hydroxylation sites is 3. The Morgan fingerprint density at radius 2 is 1.28 bits per heavy atom. The summed E-state index contributed by atoms with van der Waals surface area (Å²) in [6.07, 6.45) is 1.94. The molecule has 0 spiro atoms. The molecule has 0 radical (unpaired) electrons. The Morgan fingerprint density at radius 3 is 2.04 bits per heavy atom. The molecule has 1 aliphatic carbocycles. The number of benzene rings is 6. The largest absolute Gasteiger partial charge is 0.507 e. The van der Waals surface area contributed by atoms with Crippen molar-refractivity contribution in [3.8, 4) is 56.3 Å². The molecule has 8 aromatic rings. The second-order valence-electron chi connectivity index (χ2n) is 14.7. The zero-order valence-corrected chi connectivity index (χ0v) is 32.3. The number of fused-ring (bicyclic) bond motifs is 4. The molecule has 0 saturated carbocycles. The normalized spacial score (nSPS) is 13.0. The Balaban J connectivity index is 0.00000400. The molecule has 0 unspecified atom stereocenters. The maximum absolute atomic E-state index is 11.1. The zero-order chi connectivity index (χ0) is 35.6. The molecule has 0 fully saturated rings. The van der Waals surface area contributed by atoms with Gasteiger partial charge in [0.15, 0.2) is 0 Å². The third kappa shape index (κ3) is 5.56. The fraction of sp³-hybridized carbons (Fsp3) is 0.125. The second kappa shape index (κ2) is 13.1. The molecule has 1 N–H and O–H groups in total. The number of hydrogen-bond donors (Lipinski definition) is 1. The third-order valence-corrected chi connectivity index (χ3v) is 10.9. The van der Waals surface area contributed by atoms with Crippen molar-refractivity contribution < 1.29 is 26.2 Å². The van der Waals surface area contributed by atoms with E-state index in [0.717, 1.165) is 44.7 Å². The number of nitrogens with zero attached hydrogens (tertiary/aromatic N) is 3. The van der Waals surface area contributed by atoms with Crippen LogP contribution >= 0.6 is 0 Å². The van der Waals surface area contributed by atoms with Crippen molar-refractivity contribution in [1.82, 2.24) is 14.5 Å². The van der Waals surface area contributed by atoms with Crippen LogP contribution in [0.2, 0.25) is 0 Å². The molecule has 0 atom stereocenters. The molecular formula is C48H38N3OPt-. The summed E-state index contributed by atoms with van der Waals surface area (Å²) in [5.74, 6) is 0.861. The molecule has 6 aromatic carbocycles. The molecule has 0 amide bonds. The van der Waals surface area contributed by atoms with Gasteiger partial charge in [-0.25, -0.2) is 4.98 Å². The van der Waals surface area contributed by atoms with E-state index < -0.39 is 0 Å². The van der Waals surface area contributed by atoms with E-state index in [9.17, 15) is 5.11 Å². The van der Waals surface area contributed by atoms with Crippen molar-refractivity contribution >= 4 is 11.0 Å². The van der Waals surface area contributed by atoms with Crippen LogP contribution in [0.5, 0.6) is 5.75 Å². The van der Waals surface area contributed by atoms with Gasteiger partial charge in [0.25, 0.3) is 0 Å². The minimum Gasteiger partial charge on any atom is -0.507 e. The maximum atomic E-state index is 11.1. The van der Waals surface area contributed by atoms with Crippen LogP contribution in [0.4, 0.5) is 0 Å². The first-order valence-electron chi connectivity index (χ1n) is 17.8. The zero-order valence-electron chi connectivity index (χ0n) is 30.0. The molecule has 5 heteroatoms. The quantitative estimate of drug-likeness (QED) is 0.169. The second-order valence-corrected chi connectivity index (χ2v) is 14.7. The van der Waals surface area contributed by atoms with Gasteiger partial charge in [-0.15, -0.1) is 29.3 Å². The van der Waals surface area contributed by atoms with E-state index in [-0.39, 0.29) is 37.6 Å². The molecule has 0 aliphatic heterocycles. The fourth-order valence-corrected chi connectivity index (χ4v) is 8.14. The molecule has 4 nitrogen and oxygen atoms in total. The summed E-state index contributed by atoms with van der Waals surface area (Å²) < 4.78 is 2.14. The summed E-state index contributed by atoms with van der Waals surface area (Å²) in [5, 5.41) is 11.1. The van der Waals surface area contributed by atoms with E-state index in [1.54, 1.807) is 6.07 Å². The minimum atomic E-state index is -0.325. The Hall–Kier alpha value is -5.57. The number of aromatic hydroxyl groups is 1. The van der Waals surface area contributed by atoms with E-state index in [0.29, 0.717) is 11.4 Å². The molecule has 262 valence electrons. The standard InChI is InChI=1S/C48H38N3O.Pt/c1-47(2,33-16-7-5-8-17-33)34-29-31(28-32(30-34)44-43-38(26-27-49-44)37-20-11-13-23-40(37)48(43,3)4)36-22-15-24-41-45(36)50-46(39-21-12-14-25-42(39)52)51(41)35-18-9-6-10-19-35;/h5-27,29-30,52H,1-4H3;/q-1;. The van der Waals surface area contributed by atoms with Crippen LogP contribution in [0.3, 0.4) is 0 Å². The van der Waals surface area contributed by atoms with Crippen LogP contribution in [0, 0.1) is 6.07 Å². The van der Waals surface area contributed by atoms with Crippen LogP contribution in [-0.2, 0) is 31.9 Å². The molecule has 2 aromatic heterocycles. The van der Waals surface area contributed by atoms with E-state index in [1.807, 2.05) is 42.6 Å². The Bertz CT molecular complexity index is 2640. The number of phenolic OH excluding ortho intramolecular Hbond substituents is 1. The number of hydrogen-bond acceptors (Lipinski definition) is 3. The van der Waals surface area contributed by atoms with Crippen molar-refractivity contribution in [3.63, 3.8) is 0 Å². The van der Waals surface area contributed by atoms with Crippen LogP contribution in [0.25, 0.3) is 61.6 Å². The van der Waals surface area contributed by atoms with Gasteiger partial charge in [-0.2, -0.15) is 0 Å². The predicted molar refractivity (Wildman–Crippen MR) is 212 cm³/mol. The predicted octanol–water partition coefficient (Wildman–Crippen LogP) is 11.6. The maximum Gasteiger partial charge on any atom is 0.148 e. The van der Waals surface area contributed by atoms with Gasteiger partial charge in [-0.1, -0.05) is 136 Å². The molecular weight excluding hydrogens is 830 g/mol. The number of imidazole rings is 1. The monoisotopic (exact) mass is 867 g/mol. The molecule has 53 heavy (non-hydrogen) atoms. The first kappa shape index (κ1) is 34.5.